The Kier molecular flexibility index (Phi) is 13.2. The summed E-state index contributed by atoms with van der Waals surface area (Å²) in [4.78, 5) is 75.1. The van der Waals surface area contributed by atoms with Gasteiger partial charge in [0.05, 0.1) is 51.1 Å². The molecule has 0 bridgehead atoms. The SMILES string of the molecule is CCc1cc(Nc2ncc(Br)c(Nc3ccc4nc(C)ccc4c3P(C)(C)=O)n2)c(OC)cc1N1CCC(N2CCN(C(=O)C3CN(c4cccc5c4n(C)c(=O)n5C4CCC(=O)NC4=O)C3)CC2)CC1. The van der Waals surface area contributed by atoms with Crippen LogP contribution in [0.4, 0.5) is 34.5 Å². The Morgan fingerprint density at radius 3 is 2.37 bits per heavy atom. The summed E-state index contributed by atoms with van der Waals surface area (Å²) in [7, 11) is 0.632. The zero-order chi connectivity index (χ0) is 49.9. The van der Waals surface area contributed by atoms with Gasteiger partial charge in [-0.2, -0.15) is 4.98 Å². The largest absolute Gasteiger partial charge is 0.494 e. The van der Waals surface area contributed by atoms with E-state index < -0.39 is 19.1 Å². The van der Waals surface area contributed by atoms with Gasteiger partial charge in [-0.3, -0.25) is 38.7 Å². The lowest BCUT2D eigenvalue weighted by Crippen LogP contribution is -2.59. The highest BCUT2D eigenvalue weighted by Gasteiger charge is 2.39. The second-order valence-electron chi connectivity index (χ2n) is 19.5. The summed E-state index contributed by atoms with van der Waals surface area (Å²) in [6.45, 7) is 13.6. The van der Waals surface area contributed by atoms with Crippen LogP contribution in [0.1, 0.15) is 49.9 Å². The molecule has 3 aromatic heterocycles. The standard InChI is InChI=1S/C51H60BrN12O6P/c1-7-31-25-38(56-50-53-27-35(52)47(58-50)55-37-14-13-36-34(12-11-30(2)54-36)46(37)71(5,6)69)43(70-4)26-42(31)61-19-17-33(18-20-61)60-21-23-62(24-22-60)49(67)32-28-63(29-32)39-9-8-10-40-45(39)59(3)51(68)64(40)41-15-16-44(65)57-48(41)66/h8-14,25-27,32-33,41H,7,15-24,28-29H2,1-6H3,(H,57,65,66)(H2,53,55,56,58). The number of para-hydroxylation sites is 1. The molecule has 20 heteroatoms. The van der Waals surface area contributed by atoms with Crippen molar-refractivity contribution in [2.75, 3.05) is 93.2 Å². The van der Waals surface area contributed by atoms with Crippen molar-refractivity contribution in [2.45, 2.75) is 58.0 Å². The zero-order valence-corrected chi connectivity index (χ0v) is 43.5. The van der Waals surface area contributed by atoms with Gasteiger partial charge in [0.25, 0.3) is 0 Å². The van der Waals surface area contributed by atoms with Gasteiger partial charge in [0, 0.05) is 106 Å². The molecule has 3 aromatic carbocycles. The maximum absolute atomic E-state index is 13.8. The van der Waals surface area contributed by atoms with E-state index in [1.54, 1.807) is 38.3 Å². The lowest BCUT2D eigenvalue weighted by atomic mass is 9.96. The molecule has 0 spiro atoms. The Balaban J connectivity index is 0.746. The van der Waals surface area contributed by atoms with Crippen LogP contribution in [0.2, 0.25) is 0 Å². The summed E-state index contributed by atoms with van der Waals surface area (Å²) in [6.07, 6.45) is 4.99. The predicted octanol–water partition coefficient (Wildman–Crippen LogP) is 6.28. The number of fused-ring (bicyclic) bond motifs is 2. The molecule has 372 valence electrons. The van der Waals surface area contributed by atoms with Crippen LogP contribution in [0.25, 0.3) is 21.9 Å². The molecule has 3 N–H and O–H groups in total. The number of hydrogen-bond donors (Lipinski definition) is 3. The third-order valence-corrected chi connectivity index (χ3v) is 16.8. The average molecular weight is 1050 g/mol. The van der Waals surface area contributed by atoms with Gasteiger partial charge in [-0.15, -0.1) is 0 Å². The van der Waals surface area contributed by atoms with E-state index >= 15 is 0 Å². The molecule has 4 fully saturated rings. The van der Waals surface area contributed by atoms with Gasteiger partial charge in [0.15, 0.2) is 0 Å². The molecule has 7 heterocycles. The lowest BCUT2D eigenvalue weighted by molar-refractivity contribution is -0.138. The number of nitrogens with one attached hydrogen (secondary N) is 3. The third-order valence-electron chi connectivity index (χ3n) is 14.7. The fourth-order valence-electron chi connectivity index (χ4n) is 11.0. The number of aromatic nitrogens is 5. The van der Waals surface area contributed by atoms with Crippen LogP contribution in [0.5, 0.6) is 5.75 Å². The first-order valence-electron chi connectivity index (χ1n) is 24.4. The molecule has 1 atom stereocenters. The summed E-state index contributed by atoms with van der Waals surface area (Å²) >= 11 is 3.62. The van der Waals surface area contributed by atoms with Crippen molar-refractivity contribution in [1.82, 2.24) is 39.2 Å². The predicted molar refractivity (Wildman–Crippen MR) is 282 cm³/mol. The van der Waals surface area contributed by atoms with E-state index in [1.807, 2.05) is 54.3 Å². The Morgan fingerprint density at radius 2 is 1.66 bits per heavy atom. The monoisotopic (exact) mass is 1050 g/mol. The van der Waals surface area contributed by atoms with Gasteiger partial charge < -0.3 is 34.6 Å². The first-order valence-corrected chi connectivity index (χ1v) is 27.8. The Morgan fingerprint density at radius 1 is 0.901 bits per heavy atom. The van der Waals surface area contributed by atoms with Gasteiger partial charge in [0.1, 0.15) is 24.8 Å². The van der Waals surface area contributed by atoms with Crippen LogP contribution in [0.3, 0.4) is 0 Å². The minimum absolute atomic E-state index is 0.131. The number of carbonyl (C=O) groups is 3. The number of halogens is 1. The van der Waals surface area contributed by atoms with Crippen LogP contribution < -0.4 is 41.5 Å². The Labute approximate surface area is 420 Å². The van der Waals surface area contributed by atoms with Crippen LogP contribution in [-0.2, 0) is 32.4 Å². The number of rotatable bonds is 12. The van der Waals surface area contributed by atoms with E-state index in [9.17, 15) is 23.7 Å². The molecule has 6 aromatic rings. The first kappa shape index (κ1) is 48.3. The van der Waals surface area contributed by atoms with Crippen molar-refractivity contribution in [2.24, 2.45) is 13.0 Å². The number of hydrogen-bond acceptors (Lipinski definition) is 14. The molecule has 0 radical (unpaired) electrons. The summed E-state index contributed by atoms with van der Waals surface area (Å²) in [6, 6.07) is 17.3. The van der Waals surface area contributed by atoms with Crippen LogP contribution >= 0.6 is 23.1 Å². The van der Waals surface area contributed by atoms with Gasteiger partial charge in [-0.25, -0.2) is 9.78 Å². The number of ether oxygens (including phenoxy) is 1. The summed E-state index contributed by atoms with van der Waals surface area (Å²) in [5.41, 5.74) is 7.38. The number of amides is 3. The molecule has 4 aliphatic rings. The fraction of sp³-hybridized carbons (Fsp3) is 0.431. The maximum Gasteiger partial charge on any atom is 0.329 e. The normalized spacial score (nSPS) is 18.5. The Bertz CT molecular complexity index is 3200. The maximum atomic E-state index is 13.8. The molecule has 71 heavy (non-hydrogen) atoms. The fourth-order valence-corrected chi connectivity index (χ4v) is 12.7. The summed E-state index contributed by atoms with van der Waals surface area (Å²) in [5.74, 6) is 0.835. The van der Waals surface area contributed by atoms with Gasteiger partial charge in [-0.1, -0.05) is 19.1 Å². The van der Waals surface area contributed by atoms with Crippen LogP contribution in [0, 0.1) is 12.8 Å². The van der Waals surface area contributed by atoms with E-state index in [-0.39, 0.29) is 36.3 Å². The third kappa shape index (κ3) is 9.27. The first-order chi connectivity index (χ1) is 34.1. The molecule has 0 aliphatic carbocycles. The lowest BCUT2D eigenvalue weighted by Gasteiger charge is -2.46. The van der Waals surface area contributed by atoms with Crippen molar-refractivity contribution in [3.05, 3.63) is 87.0 Å². The minimum atomic E-state index is -2.74. The molecule has 1 unspecified atom stereocenters. The van der Waals surface area contributed by atoms with E-state index in [4.69, 9.17) is 9.72 Å². The average Bonchev–Trinajstić information content (AvgIpc) is 3.60. The van der Waals surface area contributed by atoms with Gasteiger partial charge in [0.2, 0.25) is 23.7 Å². The number of nitrogens with zero attached hydrogens (tertiary/aromatic N) is 9. The van der Waals surface area contributed by atoms with Crippen molar-refractivity contribution in [3.8, 4) is 5.75 Å². The molecule has 10 rings (SSSR count). The van der Waals surface area contributed by atoms with E-state index in [0.29, 0.717) is 65.4 Å². The molecule has 4 saturated heterocycles. The molecular formula is C51H60BrN12O6P. The smallest absolute Gasteiger partial charge is 0.329 e. The van der Waals surface area contributed by atoms with E-state index in [0.717, 1.165) is 89.9 Å². The van der Waals surface area contributed by atoms with Gasteiger partial charge >= 0.3 is 5.69 Å². The molecule has 18 nitrogen and oxygen atoms in total. The van der Waals surface area contributed by atoms with Crippen molar-refractivity contribution in [1.29, 1.82) is 0 Å². The quantitative estimate of drug-likeness (QED) is 0.0916. The number of anilines is 6. The second-order valence-corrected chi connectivity index (χ2v) is 23.5. The highest BCUT2D eigenvalue weighted by Crippen LogP contribution is 2.43. The number of pyridine rings is 1. The number of imidazole rings is 1. The van der Waals surface area contributed by atoms with Crippen molar-refractivity contribution >= 4 is 103 Å². The highest BCUT2D eigenvalue weighted by atomic mass is 79.9. The summed E-state index contributed by atoms with van der Waals surface area (Å²) in [5, 5.41) is 10.8. The second kappa shape index (κ2) is 19.4. The number of piperazine rings is 1. The number of carbonyl (C=O) groups excluding carboxylic acids is 3. The zero-order valence-electron chi connectivity index (χ0n) is 41.0. The van der Waals surface area contributed by atoms with Crippen molar-refractivity contribution in [3.63, 3.8) is 0 Å². The van der Waals surface area contributed by atoms with E-state index in [2.05, 4.69) is 75.6 Å². The van der Waals surface area contributed by atoms with Crippen molar-refractivity contribution < 1.29 is 23.7 Å². The number of imide groups is 1. The number of aryl methyl sites for hydroxylation is 3. The minimum Gasteiger partial charge on any atom is -0.494 e. The summed E-state index contributed by atoms with van der Waals surface area (Å²) < 4.78 is 23.4. The van der Waals surface area contributed by atoms with Gasteiger partial charge in [-0.05, 0) is 104 Å². The number of piperidine rings is 2. The molecule has 4 aliphatic heterocycles. The number of benzene rings is 3. The highest BCUT2D eigenvalue weighted by molar-refractivity contribution is 9.10. The number of methoxy groups -OCH3 is 1. The topological polar surface area (TPSA) is 192 Å². The molecule has 3 amide bonds. The van der Waals surface area contributed by atoms with E-state index in [1.165, 1.54) is 10.1 Å². The molecule has 0 saturated carbocycles. The van der Waals surface area contributed by atoms with Crippen LogP contribution in [0.15, 0.2) is 70.1 Å². The Hall–Kier alpha value is -6.30. The van der Waals surface area contributed by atoms with Crippen LogP contribution in [-0.4, -0.2) is 130 Å². The molecular weight excluding hydrogens is 988 g/mol.